The average Bonchev–Trinajstić information content (AvgIpc) is 2.42. The minimum absolute atomic E-state index is 0.00162. The van der Waals surface area contributed by atoms with Gasteiger partial charge in [0.15, 0.2) is 0 Å². The molecule has 18 heavy (non-hydrogen) atoms. The van der Waals surface area contributed by atoms with Crippen molar-refractivity contribution in [1.29, 1.82) is 0 Å². The van der Waals surface area contributed by atoms with Crippen LogP contribution in [-0.2, 0) is 6.42 Å². The van der Waals surface area contributed by atoms with E-state index >= 15 is 0 Å². The van der Waals surface area contributed by atoms with Crippen LogP contribution in [0.5, 0.6) is 0 Å². The Kier molecular flexibility index (Phi) is 4.05. The van der Waals surface area contributed by atoms with Crippen LogP contribution >= 0.6 is 0 Å². The molecule has 0 amide bonds. The quantitative estimate of drug-likeness (QED) is 0.894. The lowest BCUT2D eigenvalue weighted by Crippen LogP contribution is -2.20. The molecule has 1 heterocycles. The van der Waals surface area contributed by atoms with E-state index in [0.717, 1.165) is 17.7 Å². The topological polar surface area (TPSA) is 24.9 Å². The highest BCUT2D eigenvalue weighted by molar-refractivity contribution is 5.32. The molecule has 0 aliphatic rings. The zero-order valence-electron chi connectivity index (χ0n) is 10.7. The number of aryl methyl sites for hydroxylation is 1. The maximum absolute atomic E-state index is 13.0. The van der Waals surface area contributed by atoms with Crippen LogP contribution in [0.4, 0.5) is 4.39 Å². The van der Waals surface area contributed by atoms with Gasteiger partial charge in [0.1, 0.15) is 5.82 Å². The zero-order chi connectivity index (χ0) is 13.0. The van der Waals surface area contributed by atoms with Crippen LogP contribution in [0.3, 0.4) is 0 Å². The number of halogens is 1. The molecule has 0 bridgehead atoms. The fourth-order valence-corrected chi connectivity index (χ4v) is 2.13. The molecule has 1 N–H and O–H groups in total. The Bertz CT molecular complexity index is 508. The Labute approximate surface area is 107 Å². The van der Waals surface area contributed by atoms with Crippen molar-refractivity contribution in [3.63, 3.8) is 0 Å². The SMILES string of the molecule is CCc1cccnc1C(NC)c1ccc(F)cc1. The normalized spacial score (nSPS) is 12.4. The van der Waals surface area contributed by atoms with Gasteiger partial charge in [0.2, 0.25) is 0 Å². The van der Waals surface area contributed by atoms with Crippen molar-refractivity contribution in [2.75, 3.05) is 7.05 Å². The number of hydrogen-bond donors (Lipinski definition) is 1. The van der Waals surface area contributed by atoms with Crippen molar-refractivity contribution < 1.29 is 4.39 Å². The summed E-state index contributed by atoms with van der Waals surface area (Å²) >= 11 is 0. The van der Waals surface area contributed by atoms with Gasteiger partial charge in [-0.3, -0.25) is 4.98 Å². The maximum atomic E-state index is 13.0. The summed E-state index contributed by atoms with van der Waals surface area (Å²) in [5.74, 6) is -0.217. The van der Waals surface area contributed by atoms with Crippen molar-refractivity contribution in [2.24, 2.45) is 0 Å². The summed E-state index contributed by atoms with van der Waals surface area (Å²) in [7, 11) is 1.89. The molecule has 0 radical (unpaired) electrons. The number of nitrogens with zero attached hydrogens (tertiary/aromatic N) is 1. The second-order valence-electron chi connectivity index (χ2n) is 4.17. The molecule has 2 aromatic rings. The Morgan fingerprint density at radius 2 is 1.94 bits per heavy atom. The lowest BCUT2D eigenvalue weighted by molar-refractivity contribution is 0.621. The number of aromatic nitrogens is 1. The van der Waals surface area contributed by atoms with Crippen molar-refractivity contribution in [2.45, 2.75) is 19.4 Å². The van der Waals surface area contributed by atoms with E-state index in [-0.39, 0.29) is 11.9 Å². The third kappa shape index (κ3) is 2.57. The molecule has 2 nitrogen and oxygen atoms in total. The summed E-state index contributed by atoms with van der Waals surface area (Å²) in [6.45, 7) is 2.11. The zero-order valence-corrected chi connectivity index (χ0v) is 10.7. The lowest BCUT2D eigenvalue weighted by Gasteiger charge is -2.18. The molecule has 3 heteroatoms. The van der Waals surface area contributed by atoms with Crippen LogP contribution in [0, 0.1) is 5.82 Å². The number of hydrogen-bond acceptors (Lipinski definition) is 2. The molecule has 1 unspecified atom stereocenters. The summed E-state index contributed by atoms with van der Waals surface area (Å²) in [6.07, 6.45) is 2.73. The molecule has 0 aliphatic heterocycles. The van der Waals surface area contributed by atoms with Gasteiger partial charge in [0.25, 0.3) is 0 Å². The minimum Gasteiger partial charge on any atom is -0.308 e. The predicted molar refractivity (Wildman–Crippen MR) is 70.9 cm³/mol. The van der Waals surface area contributed by atoms with E-state index in [1.807, 2.05) is 13.1 Å². The fourth-order valence-electron chi connectivity index (χ4n) is 2.13. The summed E-state index contributed by atoms with van der Waals surface area (Å²) < 4.78 is 13.0. The van der Waals surface area contributed by atoms with Crippen LogP contribution in [0.1, 0.15) is 29.8 Å². The first kappa shape index (κ1) is 12.7. The molecular weight excluding hydrogens is 227 g/mol. The molecule has 0 fully saturated rings. The molecule has 2 rings (SSSR count). The predicted octanol–water partition coefficient (Wildman–Crippen LogP) is 3.09. The standard InChI is InChI=1S/C15H17FN2/c1-3-11-5-4-10-18-15(11)14(17-2)12-6-8-13(16)9-7-12/h4-10,14,17H,3H2,1-2H3. The molecule has 0 aliphatic carbocycles. The molecule has 94 valence electrons. The highest BCUT2D eigenvalue weighted by atomic mass is 19.1. The Morgan fingerprint density at radius 3 is 2.56 bits per heavy atom. The van der Waals surface area contributed by atoms with Gasteiger partial charge < -0.3 is 5.32 Å². The third-order valence-electron chi connectivity index (χ3n) is 3.07. The van der Waals surface area contributed by atoms with Gasteiger partial charge in [-0.05, 0) is 42.8 Å². The first-order valence-corrected chi connectivity index (χ1v) is 6.12. The molecule has 0 spiro atoms. The largest absolute Gasteiger partial charge is 0.308 e. The summed E-state index contributed by atoms with van der Waals surface area (Å²) in [6, 6.07) is 10.6. The average molecular weight is 244 g/mol. The van der Waals surface area contributed by atoms with Crippen molar-refractivity contribution in [3.8, 4) is 0 Å². The van der Waals surface area contributed by atoms with Crippen LogP contribution in [0.15, 0.2) is 42.6 Å². The minimum atomic E-state index is -0.217. The molecule has 1 aromatic heterocycles. The monoisotopic (exact) mass is 244 g/mol. The molecule has 1 aromatic carbocycles. The highest BCUT2D eigenvalue weighted by Gasteiger charge is 2.16. The second kappa shape index (κ2) is 5.74. The van der Waals surface area contributed by atoms with E-state index in [1.54, 1.807) is 18.3 Å². The second-order valence-corrected chi connectivity index (χ2v) is 4.17. The van der Waals surface area contributed by atoms with Gasteiger partial charge in [-0.15, -0.1) is 0 Å². The van der Waals surface area contributed by atoms with Crippen molar-refractivity contribution in [1.82, 2.24) is 10.3 Å². The first-order valence-electron chi connectivity index (χ1n) is 6.12. The fraction of sp³-hybridized carbons (Fsp3) is 0.267. The molecule has 1 atom stereocenters. The van der Waals surface area contributed by atoms with E-state index in [1.165, 1.54) is 17.7 Å². The molecular formula is C15H17FN2. The summed E-state index contributed by atoms with van der Waals surface area (Å²) in [4.78, 5) is 4.46. The lowest BCUT2D eigenvalue weighted by atomic mass is 9.98. The van der Waals surface area contributed by atoms with Gasteiger partial charge in [0, 0.05) is 6.20 Å². The van der Waals surface area contributed by atoms with Crippen LogP contribution in [0.2, 0.25) is 0 Å². The maximum Gasteiger partial charge on any atom is 0.123 e. The van der Waals surface area contributed by atoms with Gasteiger partial charge in [-0.1, -0.05) is 25.1 Å². The smallest absolute Gasteiger partial charge is 0.123 e. The van der Waals surface area contributed by atoms with Crippen LogP contribution < -0.4 is 5.32 Å². The summed E-state index contributed by atoms with van der Waals surface area (Å²) in [5, 5.41) is 3.24. The first-order chi connectivity index (χ1) is 8.76. The van der Waals surface area contributed by atoms with Gasteiger partial charge in [0.05, 0.1) is 11.7 Å². The third-order valence-corrected chi connectivity index (χ3v) is 3.07. The Morgan fingerprint density at radius 1 is 1.22 bits per heavy atom. The molecule has 0 saturated heterocycles. The van der Waals surface area contributed by atoms with E-state index in [9.17, 15) is 4.39 Å². The van der Waals surface area contributed by atoms with Crippen LogP contribution in [0.25, 0.3) is 0 Å². The van der Waals surface area contributed by atoms with Crippen LogP contribution in [-0.4, -0.2) is 12.0 Å². The number of pyridine rings is 1. The Balaban J connectivity index is 2.41. The van der Waals surface area contributed by atoms with Gasteiger partial charge >= 0.3 is 0 Å². The van der Waals surface area contributed by atoms with E-state index in [0.29, 0.717) is 0 Å². The van der Waals surface area contributed by atoms with Crippen molar-refractivity contribution >= 4 is 0 Å². The van der Waals surface area contributed by atoms with Gasteiger partial charge in [-0.2, -0.15) is 0 Å². The molecule has 0 saturated carbocycles. The number of nitrogens with one attached hydrogen (secondary N) is 1. The number of rotatable bonds is 4. The Hall–Kier alpha value is -1.74. The summed E-state index contributed by atoms with van der Waals surface area (Å²) in [5.41, 5.74) is 3.24. The van der Waals surface area contributed by atoms with E-state index in [2.05, 4.69) is 23.3 Å². The van der Waals surface area contributed by atoms with E-state index in [4.69, 9.17) is 0 Å². The van der Waals surface area contributed by atoms with Crippen molar-refractivity contribution in [3.05, 3.63) is 65.2 Å². The van der Waals surface area contributed by atoms with Gasteiger partial charge in [-0.25, -0.2) is 4.39 Å². The van der Waals surface area contributed by atoms with E-state index < -0.39 is 0 Å². The highest BCUT2D eigenvalue weighted by Crippen LogP contribution is 2.23. The number of benzene rings is 1.